The number of likely N-dealkylation sites (tertiary alicyclic amines) is 1. The number of aromatic nitrogens is 1. The van der Waals surface area contributed by atoms with Gasteiger partial charge < -0.3 is 5.32 Å². The minimum absolute atomic E-state index is 0.195. The molecule has 1 saturated carbocycles. The van der Waals surface area contributed by atoms with Crippen LogP contribution in [0.2, 0.25) is 0 Å². The van der Waals surface area contributed by atoms with Crippen molar-refractivity contribution in [1.82, 2.24) is 9.88 Å². The molecular weight excluding hydrogens is 362 g/mol. The largest absolute Gasteiger partial charge is 0.300 e. The van der Waals surface area contributed by atoms with Crippen LogP contribution >= 0.6 is 11.3 Å². The third kappa shape index (κ3) is 3.51. The highest BCUT2D eigenvalue weighted by Gasteiger charge is 2.48. The molecule has 2 heterocycles. The summed E-state index contributed by atoms with van der Waals surface area (Å²) in [5.41, 5.74) is 2.93. The van der Waals surface area contributed by atoms with Crippen molar-refractivity contribution in [2.75, 3.05) is 11.9 Å². The predicted molar refractivity (Wildman–Crippen MR) is 103 cm³/mol. The first kappa shape index (κ1) is 17.9. The molecule has 7 heteroatoms. The number of hydrogen-bond donors (Lipinski definition) is 1. The molecule has 140 valence electrons. The Morgan fingerprint density at radius 3 is 2.41 bits per heavy atom. The normalized spacial score (nSPS) is 22.0. The van der Waals surface area contributed by atoms with E-state index in [4.69, 9.17) is 0 Å². The third-order valence-electron chi connectivity index (χ3n) is 5.33. The van der Waals surface area contributed by atoms with Crippen LogP contribution in [0.25, 0.3) is 11.3 Å². The van der Waals surface area contributed by atoms with Gasteiger partial charge in [0.1, 0.15) is 6.54 Å². The molecule has 0 bridgehead atoms. The lowest BCUT2D eigenvalue weighted by molar-refractivity contribution is -0.142. The van der Waals surface area contributed by atoms with Crippen molar-refractivity contribution in [1.29, 1.82) is 0 Å². The summed E-state index contributed by atoms with van der Waals surface area (Å²) in [5.74, 6) is -1.24. The zero-order valence-electron chi connectivity index (χ0n) is 15.1. The zero-order chi connectivity index (χ0) is 19.0. The Kier molecular flexibility index (Phi) is 4.78. The summed E-state index contributed by atoms with van der Waals surface area (Å²) in [5, 5.41) is 5.06. The van der Waals surface area contributed by atoms with Crippen LogP contribution in [-0.4, -0.2) is 34.2 Å². The number of nitrogens with one attached hydrogen (secondary N) is 1. The fraction of sp³-hybridized carbons (Fsp3) is 0.400. The van der Waals surface area contributed by atoms with E-state index >= 15 is 0 Å². The monoisotopic (exact) mass is 383 g/mol. The molecular formula is C20H21N3O3S. The van der Waals surface area contributed by atoms with Gasteiger partial charge in [-0.05, 0) is 19.8 Å². The van der Waals surface area contributed by atoms with Gasteiger partial charge in [-0.2, -0.15) is 0 Å². The molecule has 2 aliphatic rings. The molecule has 1 aliphatic heterocycles. The van der Waals surface area contributed by atoms with Gasteiger partial charge in [-0.15, -0.1) is 11.3 Å². The summed E-state index contributed by atoms with van der Waals surface area (Å²) in [6, 6.07) is 7.99. The van der Waals surface area contributed by atoms with Gasteiger partial charge in [0.15, 0.2) is 5.13 Å². The minimum Gasteiger partial charge on any atom is -0.300 e. The number of rotatable bonds is 4. The van der Waals surface area contributed by atoms with Crippen molar-refractivity contribution >= 4 is 34.2 Å². The fourth-order valence-corrected chi connectivity index (χ4v) is 4.61. The Hall–Kier alpha value is -2.54. The van der Waals surface area contributed by atoms with Crippen molar-refractivity contribution in [3.8, 4) is 11.3 Å². The van der Waals surface area contributed by atoms with Gasteiger partial charge in [-0.1, -0.05) is 42.7 Å². The zero-order valence-corrected chi connectivity index (χ0v) is 15.9. The van der Waals surface area contributed by atoms with Crippen molar-refractivity contribution in [2.45, 2.75) is 32.6 Å². The topological polar surface area (TPSA) is 79.4 Å². The van der Waals surface area contributed by atoms with E-state index in [-0.39, 0.29) is 36.1 Å². The standard InChI is InChI=1S/C20H21N3O3S/c1-12-6-8-13(9-7-12)16-11-27-20(21-16)22-17(24)10-23-18(25)14-4-2-3-5-15(14)19(23)26/h6-9,11,14-15H,2-5,10H2,1H3,(H,21,22,24)/t14-,15-/m1/s1. The molecule has 0 radical (unpaired) electrons. The second kappa shape index (κ2) is 7.23. The van der Waals surface area contributed by atoms with Crippen LogP contribution in [0.5, 0.6) is 0 Å². The maximum absolute atomic E-state index is 12.5. The summed E-state index contributed by atoms with van der Waals surface area (Å²) < 4.78 is 0. The lowest BCUT2D eigenvalue weighted by Gasteiger charge is -2.19. The third-order valence-corrected chi connectivity index (χ3v) is 6.09. The van der Waals surface area contributed by atoms with Gasteiger partial charge >= 0.3 is 0 Å². The Morgan fingerprint density at radius 1 is 1.15 bits per heavy atom. The van der Waals surface area contributed by atoms with Crippen LogP contribution in [0.15, 0.2) is 29.6 Å². The Balaban J connectivity index is 1.40. The van der Waals surface area contributed by atoms with Crippen LogP contribution in [0.3, 0.4) is 0 Å². The Bertz CT molecular complexity index is 866. The highest BCUT2D eigenvalue weighted by molar-refractivity contribution is 7.14. The lowest BCUT2D eigenvalue weighted by Crippen LogP contribution is -2.38. The number of aryl methyl sites for hydroxylation is 1. The number of benzene rings is 1. The minimum atomic E-state index is -0.389. The molecule has 2 aromatic rings. The number of nitrogens with zero attached hydrogens (tertiary/aromatic N) is 2. The van der Waals surface area contributed by atoms with Crippen molar-refractivity contribution in [3.05, 3.63) is 35.2 Å². The van der Waals surface area contributed by atoms with Crippen LogP contribution in [0, 0.1) is 18.8 Å². The average Bonchev–Trinajstić information content (AvgIpc) is 3.22. The summed E-state index contributed by atoms with van der Waals surface area (Å²) in [7, 11) is 0. The highest BCUT2D eigenvalue weighted by atomic mass is 32.1. The molecule has 0 unspecified atom stereocenters. The molecule has 2 atom stereocenters. The SMILES string of the molecule is Cc1ccc(-c2csc(NC(=O)CN3C(=O)[C@@H]4CCCC[C@H]4C3=O)n2)cc1. The molecule has 1 N–H and O–H groups in total. The molecule has 4 rings (SSSR count). The summed E-state index contributed by atoms with van der Waals surface area (Å²) in [6.45, 7) is 1.79. The molecule has 6 nitrogen and oxygen atoms in total. The van der Waals surface area contributed by atoms with E-state index in [1.54, 1.807) is 0 Å². The van der Waals surface area contributed by atoms with Crippen LogP contribution in [0.4, 0.5) is 5.13 Å². The van der Waals surface area contributed by atoms with Crippen LogP contribution in [-0.2, 0) is 14.4 Å². The summed E-state index contributed by atoms with van der Waals surface area (Å²) in [6.07, 6.45) is 3.45. The number of anilines is 1. The lowest BCUT2D eigenvalue weighted by atomic mass is 9.81. The predicted octanol–water partition coefficient (Wildman–Crippen LogP) is 3.23. The average molecular weight is 383 g/mol. The van der Waals surface area contributed by atoms with Gasteiger partial charge in [0.2, 0.25) is 17.7 Å². The number of imide groups is 1. The second-order valence-corrected chi connectivity index (χ2v) is 8.07. The fourth-order valence-electron chi connectivity index (χ4n) is 3.88. The first-order valence-corrected chi connectivity index (χ1v) is 10.1. The number of carbonyl (C=O) groups is 3. The highest BCUT2D eigenvalue weighted by Crippen LogP contribution is 2.37. The molecule has 27 heavy (non-hydrogen) atoms. The number of fused-ring (bicyclic) bond motifs is 1. The van der Waals surface area contributed by atoms with Crippen molar-refractivity contribution in [2.24, 2.45) is 11.8 Å². The second-order valence-electron chi connectivity index (χ2n) is 7.21. The molecule has 1 aromatic carbocycles. The maximum Gasteiger partial charge on any atom is 0.246 e. The molecule has 3 amide bonds. The van der Waals surface area contributed by atoms with E-state index < -0.39 is 0 Å². The van der Waals surface area contributed by atoms with E-state index in [1.807, 2.05) is 36.6 Å². The van der Waals surface area contributed by atoms with Gasteiger partial charge in [0.25, 0.3) is 0 Å². The van der Waals surface area contributed by atoms with Crippen molar-refractivity contribution < 1.29 is 14.4 Å². The molecule has 0 spiro atoms. The first-order valence-electron chi connectivity index (χ1n) is 9.20. The van der Waals surface area contributed by atoms with E-state index in [9.17, 15) is 14.4 Å². The number of amides is 3. The van der Waals surface area contributed by atoms with Crippen LogP contribution in [0.1, 0.15) is 31.2 Å². The number of hydrogen-bond acceptors (Lipinski definition) is 5. The summed E-state index contributed by atoms with van der Waals surface area (Å²) >= 11 is 1.33. The van der Waals surface area contributed by atoms with E-state index in [2.05, 4.69) is 10.3 Å². The van der Waals surface area contributed by atoms with E-state index in [0.29, 0.717) is 5.13 Å². The van der Waals surface area contributed by atoms with Gasteiger partial charge in [-0.3, -0.25) is 19.3 Å². The molecule has 2 fully saturated rings. The Morgan fingerprint density at radius 2 is 1.78 bits per heavy atom. The Labute approximate surface area is 161 Å². The molecule has 1 saturated heterocycles. The van der Waals surface area contributed by atoms with Gasteiger partial charge in [-0.25, -0.2) is 4.98 Å². The van der Waals surface area contributed by atoms with E-state index in [1.165, 1.54) is 16.9 Å². The van der Waals surface area contributed by atoms with Crippen molar-refractivity contribution in [3.63, 3.8) is 0 Å². The molecule has 1 aromatic heterocycles. The maximum atomic E-state index is 12.5. The first-order chi connectivity index (χ1) is 13.0. The van der Waals surface area contributed by atoms with Gasteiger partial charge in [0.05, 0.1) is 17.5 Å². The quantitative estimate of drug-likeness (QED) is 0.822. The summed E-state index contributed by atoms with van der Waals surface area (Å²) in [4.78, 5) is 42.9. The number of thiazole rings is 1. The smallest absolute Gasteiger partial charge is 0.246 e. The number of carbonyl (C=O) groups excluding carboxylic acids is 3. The van der Waals surface area contributed by atoms with E-state index in [0.717, 1.165) is 41.8 Å². The van der Waals surface area contributed by atoms with Gasteiger partial charge in [0, 0.05) is 10.9 Å². The molecule has 1 aliphatic carbocycles. The van der Waals surface area contributed by atoms with Crippen LogP contribution < -0.4 is 5.32 Å².